The van der Waals surface area contributed by atoms with E-state index in [0.717, 1.165) is 36.9 Å². The molecule has 4 atom stereocenters. The molecule has 2 bridgehead atoms. The van der Waals surface area contributed by atoms with Gasteiger partial charge in [0.2, 0.25) is 0 Å². The molecule has 4 heteroatoms. The van der Waals surface area contributed by atoms with Gasteiger partial charge >= 0.3 is 0 Å². The highest BCUT2D eigenvalue weighted by molar-refractivity contribution is 5.95. The summed E-state index contributed by atoms with van der Waals surface area (Å²) < 4.78 is 0. The predicted molar refractivity (Wildman–Crippen MR) is 77.9 cm³/mol. The molecule has 0 amide bonds. The topological polar surface area (TPSA) is 69.6 Å². The van der Waals surface area contributed by atoms with E-state index in [9.17, 15) is 15.0 Å². The van der Waals surface area contributed by atoms with Crippen molar-refractivity contribution in [3.8, 4) is 0 Å². The Morgan fingerprint density at radius 2 is 2.19 bits per heavy atom. The molecular formula is C17H21NO3. The first kappa shape index (κ1) is 13.4. The van der Waals surface area contributed by atoms with Crippen LogP contribution in [-0.4, -0.2) is 34.7 Å². The van der Waals surface area contributed by atoms with Gasteiger partial charge in [-0.25, -0.2) is 0 Å². The lowest BCUT2D eigenvalue weighted by molar-refractivity contribution is -0.143. The van der Waals surface area contributed by atoms with Crippen molar-refractivity contribution in [3.05, 3.63) is 34.9 Å². The average Bonchev–Trinajstić information content (AvgIpc) is 2.50. The van der Waals surface area contributed by atoms with E-state index in [1.807, 2.05) is 18.2 Å². The van der Waals surface area contributed by atoms with Crippen molar-refractivity contribution >= 4 is 5.78 Å². The van der Waals surface area contributed by atoms with Crippen molar-refractivity contribution in [3.63, 3.8) is 0 Å². The molecule has 1 unspecified atom stereocenters. The van der Waals surface area contributed by atoms with Gasteiger partial charge in [0.15, 0.2) is 5.78 Å². The number of fused-ring (bicyclic) bond motifs is 1. The van der Waals surface area contributed by atoms with Crippen molar-refractivity contribution in [2.75, 3.05) is 6.54 Å². The molecule has 0 radical (unpaired) electrons. The highest BCUT2D eigenvalue weighted by Crippen LogP contribution is 2.52. The zero-order chi connectivity index (χ0) is 14.6. The number of Topliss-reactive ketones (excluding diaryl/α,β-unsaturated/α-hetero) is 1. The standard InChI is InChI=1S/C17H21NO3/c19-9-10-1-2-11-8-14-12-3-4-15(20)16(21)17(12,5-6-18-14)13(11)7-10/h1-2,7,12,14-15,18-20H,3-6,8-9H2/t12-,14+,15?,17-/m0/s1. The van der Waals surface area contributed by atoms with Crippen LogP contribution in [0.4, 0.5) is 0 Å². The normalized spacial score (nSPS) is 37.8. The average molecular weight is 287 g/mol. The largest absolute Gasteiger partial charge is 0.392 e. The second-order valence-corrected chi connectivity index (χ2v) is 6.70. The third kappa shape index (κ3) is 1.70. The fraction of sp³-hybridized carbons (Fsp3) is 0.588. The minimum atomic E-state index is -0.830. The number of nitrogens with one attached hydrogen (secondary N) is 1. The fourth-order valence-electron chi connectivity index (χ4n) is 4.88. The molecule has 1 aliphatic heterocycles. The summed E-state index contributed by atoms with van der Waals surface area (Å²) >= 11 is 0. The number of piperidine rings is 1. The van der Waals surface area contributed by atoms with Gasteiger partial charge in [0.25, 0.3) is 0 Å². The number of aliphatic hydroxyl groups is 2. The molecule has 1 saturated carbocycles. The molecule has 3 N–H and O–H groups in total. The number of carbonyl (C=O) groups excluding carboxylic acids is 1. The molecule has 2 aliphatic carbocycles. The van der Waals surface area contributed by atoms with E-state index in [4.69, 9.17) is 0 Å². The van der Waals surface area contributed by atoms with Crippen LogP contribution in [0.25, 0.3) is 0 Å². The van der Waals surface area contributed by atoms with Crippen molar-refractivity contribution in [1.29, 1.82) is 0 Å². The molecule has 1 saturated heterocycles. The van der Waals surface area contributed by atoms with Gasteiger partial charge in [-0.15, -0.1) is 0 Å². The first-order valence-corrected chi connectivity index (χ1v) is 7.85. The number of rotatable bonds is 1. The highest BCUT2D eigenvalue weighted by Gasteiger charge is 2.58. The second-order valence-electron chi connectivity index (χ2n) is 6.70. The highest BCUT2D eigenvalue weighted by atomic mass is 16.3. The van der Waals surface area contributed by atoms with E-state index >= 15 is 0 Å². The third-order valence-corrected chi connectivity index (χ3v) is 5.82. The van der Waals surface area contributed by atoms with Crippen LogP contribution < -0.4 is 5.32 Å². The maximum absolute atomic E-state index is 12.9. The van der Waals surface area contributed by atoms with Crippen molar-refractivity contribution in [2.24, 2.45) is 5.92 Å². The van der Waals surface area contributed by atoms with Gasteiger partial charge in [-0.05, 0) is 54.8 Å². The van der Waals surface area contributed by atoms with E-state index in [-0.39, 0.29) is 18.3 Å². The van der Waals surface area contributed by atoms with Crippen molar-refractivity contribution < 1.29 is 15.0 Å². The van der Waals surface area contributed by atoms with Gasteiger partial charge in [0, 0.05) is 6.04 Å². The lowest BCUT2D eigenvalue weighted by Gasteiger charge is -2.55. The Bertz CT molecular complexity index is 600. The molecule has 21 heavy (non-hydrogen) atoms. The molecular weight excluding hydrogens is 266 g/mol. The number of benzene rings is 1. The van der Waals surface area contributed by atoms with Gasteiger partial charge < -0.3 is 15.5 Å². The summed E-state index contributed by atoms with van der Waals surface area (Å²) in [6.07, 6.45) is 2.35. The van der Waals surface area contributed by atoms with Crippen LogP contribution >= 0.6 is 0 Å². The van der Waals surface area contributed by atoms with Crippen LogP contribution in [-0.2, 0) is 23.2 Å². The van der Waals surface area contributed by atoms with E-state index in [1.165, 1.54) is 5.56 Å². The zero-order valence-electron chi connectivity index (χ0n) is 12.0. The minimum absolute atomic E-state index is 0.00119. The molecule has 0 aromatic heterocycles. The number of aliphatic hydroxyl groups excluding tert-OH is 2. The Hall–Kier alpha value is -1.23. The van der Waals surface area contributed by atoms with E-state index in [0.29, 0.717) is 12.5 Å². The minimum Gasteiger partial charge on any atom is -0.392 e. The summed E-state index contributed by atoms with van der Waals surface area (Å²) in [6, 6.07) is 6.32. The van der Waals surface area contributed by atoms with Gasteiger partial charge in [-0.1, -0.05) is 18.2 Å². The predicted octanol–water partition coefficient (Wildman–Crippen LogP) is 0.675. The number of hydrogen-bond donors (Lipinski definition) is 3. The van der Waals surface area contributed by atoms with Gasteiger partial charge in [-0.2, -0.15) is 0 Å². The lowest BCUT2D eigenvalue weighted by Crippen LogP contribution is -2.65. The third-order valence-electron chi connectivity index (χ3n) is 5.82. The van der Waals surface area contributed by atoms with Crippen LogP contribution in [0, 0.1) is 5.92 Å². The fourth-order valence-corrected chi connectivity index (χ4v) is 4.88. The van der Waals surface area contributed by atoms with Crippen molar-refractivity contribution in [2.45, 2.75) is 49.9 Å². The maximum atomic E-state index is 12.9. The van der Waals surface area contributed by atoms with Crippen molar-refractivity contribution in [1.82, 2.24) is 5.32 Å². The Morgan fingerprint density at radius 1 is 1.33 bits per heavy atom. The summed E-state index contributed by atoms with van der Waals surface area (Å²) in [6.45, 7) is 0.814. The molecule has 1 heterocycles. The Kier molecular flexibility index (Phi) is 2.96. The summed E-state index contributed by atoms with van der Waals surface area (Å²) in [5.74, 6) is 0.282. The number of carbonyl (C=O) groups is 1. The Labute approximate surface area is 124 Å². The Balaban J connectivity index is 1.94. The maximum Gasteiger partial charge on any atom is 0.172 e. The van der Waals surface area contributed by atoms with Crippen LogP contribution in [0.1, 0.15) is 36.0 Å². The smallest absolute Gasteiger partial charge is 0.172 e. The molecule has 1 aromatic carbocycles. The van der Waals surface area contributed by atoms with Crippen LogP contribution in [0.3, 0.4) is 0 Å². The first-order chi connectivity index (χ1) is 10.2. The summed E-state index contributed by atoms with van der Waals surface area (Å²) in [5.41, 5.74) is 2.59. The summed E-state index contributed by atoms with van der Waals surface area (Å²) in [4.78, 5) is 12.9. The molecule has 3 aliphatic rings. The molecule has 4 nitrogen and oxygen atoms in total. The summed E-state index contributed by atoms with van der Waals surface area (Å²) in [5, 5.41) is 23.2. The number of ketones is 1. The Morgan fingerprint density at radius 3 is 3.00 bits per heavy atom. The quantitative estimate of drug-likeness (QED) is 0.710. The van der Waals surface area contributed by atoms with E-state index in [2.05, 4.69) is 5.32 Å². The van der Waals surface area contributed by atoms with E-state index in [1.54, 1.807) is 0 Å². The van der Waals surface area contributed by atoms with Gasteiger partial charge in [-0.3, -0.25) is 4.79 Å². The monoisotopic (exact) mass is 287 g/mol. The number of hydrogen-bond acceptors (Lipinski definition) is 4. The first-order valence-electron chi connectivity index (χ1n) is 7.85. The zero-order valence-corrected chi connectivity index (χ0v) is 12.0. The second kappa shape index (κ2) is 4.63. The molecule has 4 rings (SSSR count). The van der Waals surface area contributed by atoms with Crippen LogP contribution in [0.15, 0.2) is 18.2 Å². The molecule has 0 spiro atoms. The van der Waals surface area contributed by atoms with E-state index < -0.39 is 11.5 Å². The molecule has 1 aromatic rings. The molecule has 2 fully saturated rings. The van der Waals surface area contributed by atoms with Crippen LogP contribution in [0.2, 0.25) is 0 Å². The van der Waals surface area contributed by atoms with Gasteiger partial charge in [0.05, 0.1) is 12.0 Å². The molecule has 112 valence electrons. The van der Waals surface area contributed by atoms with Gasteiger partial charge in [0.1, 0.15) is 6.10 Å². The SMILES string of the molecule is O=C1C(O)CC[C@H]2[C@H]3Cc4ccc(CO)cc4[C@@]12CCN3. The van der Waals surface area contributed by atoms with Crippen LogP contribution in [0.5, 0.6) is 0 Å². The summed E-state index contributed by atoms with van der Waals surface area (Å²) in [7, 11) is 0. The lowest BCUT2D eigenvalue weighted by atomic mass is 9.51.